The number of amides is 1. The molecule has 0 radical (unpaired) electrons. The maximum absolute atomic E-state index is 12.8. The average Bonchev–Trinajstić information content (AvgIpc) is 2.96. The Balaban J connectivity index is 1.30. The van der Waals surface area contributed by atoms with Gasteiger partial charge < -0.3 is 20.8 Å². The molecule has 44 heavy (non-hydrogen) atoms. The fourth-order valence-corrected chi connectivity index (χ4v) is 5.57. The molecule has 0 aromatic heterocycles. The molecule has 0 saturated carbocycles. The van der Waals surface area contributed by atoms with E-state index >= 15 is 0 Å². The number of phenols is 1. The smallest absolute Gasteiger partial charge is 0.229 e. The van der Waals surface area contributed by atoms with E-state index in [4.69, 9.17) is 0 Å². The number of aliphatic hydroxyl groups excluding tert-OH is 1. The van der Waals surface area contributed by atoms with Crippen molar-refractivity contribution in [3.05, 3.63) is 119 Å². The van der Waals surface area contributed by atoms with Crippen LogP contribution in [0.25, 0.3) is 11.1 Å². The maximum atomic E-state index is 12.8. The van der Waals surface area contributed by atoms with Crippen molar-refractivity contribution in [1.29, 1.82) is 0 Å². The van der Waals surface area contributed by atoms with Gasteiger partial charge in [0.1, 0.15) is 5.75 Å². The molecule has 4 rings (SSSR count). The Labute approximate surface area is 260 Å². The summed E-state index contributed by atoms with van der Waals surface area (Å²) in [7, 11) is -3.58. The monoisotopic (exact) mass is 615 g/mol. The number of aromatic hydroxyl groups is 1. The molecule has 8 nitrogen and oxygen atoms in total. The van der Waals surface area contributed by atoms with Gasteiger partial charge in [0.2, 0.25) is 15.9 Å². The van der Waals surface area contributed by atoms with E-state index in [0.29, 0.717) is 18.5 Å². The Morgan fingerprint density at radius 3 is 2.27 bits per heavy atom. The Bertz CT molecular complexity index is 1700. The Kier molecular flexibility index (Phi) is 10.5. The molecule has 0 bridgehead atoms. The molecule has 0 aliphatic heterocycles. The topological polar surface area (TPSA) is 128 Å². The lowest BCUT2D eigenvalue weighted by molar-refractivity contribution is -0.120. The molecular weight excluding hydrogens is 574 g/mol. The summed E-state index contributed by atoms with van der Waals surface area (Å²) in [5.74, 6) is -0.275. The van der Waals surface area contributed by atoms with Crippen molar-refractivity contribution in [2.45, 2.75) is 51.8 Å². The minimum absolute atomic E-state index is 0.0138. The van der Waals surface area contributed by atoms with Gasteiger partial charge in [0.25, 0.3) is 0 Å². The molecule has 0 aliphatic carbocycles. The molecule has 1 amide bonds. The van der Waals surface area contributed by atoms with Gasteiger partial charge in [0.05, 0.1) is 24.5 Å². The van der Waals surface area contributed by atoms with Crippen LogP contribution in [-0.4, -0.2) is 42.9 Å². The predicted octanol–water partition coefficient (Wildman–Crippen LogP) is 5.24. The zero-order valence-corrected chi connectivity index (χ0v) is 26.4. The van der Waals surface area contributed by atoms with Crippen LogP contribution in [0.15, 0.2) is 91.0 Å². The quantitative estimate of drug-likeness (QED) is 0.131. The van der Waals surface area contributed by atoms with Gasteiger partial charge in [-0.25, -0.2) is 8.42 Å². The van der Waals surface area contributed by atoms with Crippen molar-refractivity contribution in [3.63, 3.8) is 0 Å². The predicted molar refractivity (Wildman–Crippen MR) is 176 cm³/mol. The molecule has 9 heteroatoms. The van der Waals surface area contributed by atoms with E-state index in [2.05, 4.69) is 58.7 Å². The first-order valence-corrected chi connectivity index (χ1v) is 16.4. The highest BCUT2D eigenvalue weighted by molar-refractivity contribution is 7.92. The SMILES string of the molecule is Cc1ccc(-c2cccc(CNC(=O)Cc3cccc(CC(C)(C)NC[C@H](O)c4ccc(O)c(NS(C)(=O)=O)c4)c3)c2)cc1. The summed E-state index contributed by atoms with van der Waals surface area (Å²) in [6, 6.07) is 28.8. The van der Waals surface area contributed by atoms with Gasteiger partial charge in [-0.1, -0.05) is 78.4 Å². The number of hydrogen-bond donors (Lipinski definition) is 5. The minimum Gasteiger partial charge on any atom is -0.506 e. The van der Waals surface area contributed by atoms with Crippen LogP contribution in [0.3, 0.4) is 0 Å². The van der Waals surface area contributed by atoms with E-state index in [0.717, 1.165) is 34.1 Å². The summed E-state index contributed by atoms with van der Waals surface area (Å²) < 4.78 is 25.4. The molecule has 0 fully saturated rings. The zero-order valence-electron chi connectivity index (χ0n) is 25.6. The molecule has 0 heterocycles. The molecule has 0 saturated heterocycles. The van der Waals surface area contributed by atoms with Crippen LogP contribution in [-0.2, 0) is 34.2 Å². The Morgan fingerprint density at radius 2 is 1.55 bits per heavy atom. The van der Waals surface area contributed by atoms with E-state index in [1.165, 1.54) is 17.7 Å². The number of rotatable bonds is 13. The molecule has 0 spiro atoms. The number of aliphatic hydroxyl groups is 1. The lowest BCUT2D eigenvalue weighted by Gasteiger charge is -2.28. The fourth-order valence-electron chi connectivity index (χ4n) is 5.01. The lowest BCUT2D eigenvalue weighted by atomic mass is 9.93. The summed E-state index contributed by atoms with van der Waals surface area (Å²) in [6.45, 7) is 6.78. The third-order valence-corrected chi connectivity index (χ3v) is 7.87. The molecule has 0 aliphatic rings. The molecular formula is C35H41N3O5S. The van der Waals surface area contributed by atoms with Crippen molar-refractivity contribution in [2.75, 3.05) is 17.5 Å². The number of hydrogen-bond acceptors (Lipinski definition) is 6. The average molecular weight is 616 g/mol. The number of sulfonamides is 1. The van der Waals surface area contributed by atoms with Crippen LogP contribution in [0, 0.1) is 6.92 Å². The van der Waals surface area contributed by atoms with Crippen molar-refractivity contribution in [2.24, 2.45) is 0 Å². The molecule has 5 N–H and O–H groups in total. The number of carbonyl (C=O) groups is 1. The summed E-state index contributed by atoms with van der Waals surface area (Å²) in [5.41, 5.74) is 6.56. The van der Waals surface area contributed by atoms with Gasteiger partial charge in [-0.3, -0.25) is 9.52 Å². The van der Waals surface area contributed by atoms with Crippen molar-refractivity contribution < 1.29 is 23.4 Å². The summed E-state index contributed by atoms with van der Waals surface area (Å²) in [6.07, 6.45) is 0.983. The van der Waals surface area contributed by atoms with Crippen molar-refractivity contribution >= 4 is 21.6 Å². The van der Waals surface area contributed by atoms with Gasteiger partial charge in [-0.2, -0.15) is 0 Å². The van der Waals surface area contributed by atoms with Gasteiger partial charge in [-0.05, 0) is 78.8 Å². The molecule has 0 unspecified atom stereocenters. The third kappa shape index (κ3) is 9.94. The number of aryl methyl sites for hydroxylation is 1. The van der Waals surface area contributed by atoms with E-state index in [-0.39, 0.29) is 30.3 Å². The zero-order chi connectivity index (χ0) is 31.9. The van der Waals surface area contributed by atoms with Crippen LogP contribution in [0.5, 0.6) is 5.75 Å². The number of nitrogens with one attached hydrogen (secondary N) is 3. The molecule has 4 aromatic rings. The van der Waals surface area contributed by atoms with Crippen LogP contribution >= 0.6 is 0 Å². The maximum Gasteiger partial charge on any atom is 0.229 e. The van der Waals surface area contributed by atoms with Gasteiger partial charge in [0, 0.05) is 18.6 Å². The summed E-state index contributed by atoms with van der Waals surface area (Å²) in [5, 5.41) is 27.1. The first-order chi connectivity index (χ1) is 20.8. The number of carbonyl (C=O) groups excluding carboxylic acids is 1. The largest absolute Gasteiger partial charge is 0.506 e. The first-order valence-electron chi connectivity index (χ1n) is 14.5. The second-order valence-electron chi connectivity index (χ2n) is 11.9. The standard InChI is InChI=1S/C35H41N3O5S/c1-24-11-13-28(14-12-24)29-10-6-9-27(18-29)22-36-34(41)19-25-7-5-8-26(17-25)21-35(2,3)37-23-33(40)30-15-16-32(39)31(20-30)38-44(4,42)43/h5-18,20,33,37-40H,19,21-23H2,1-4H3,(H,36,41)/t33-/m0/s1. The second-order valence-corrected chi connectivity index (χ2v) is 13.7. The van der Waals surface area contributed by atoms with Gasteiger partial charge in [0.15, 0.2) is 0 Å². The van der Waals surface area contributed by atoms with Gasteiger partial charge in [-0.15, -0.1) is 0 Å². The fraction of sp³-hybridized carbons (Fsp3) is 0.286. The molecule has 4 aromatic carbocycles. The highest BCUT2D eigenvalue weighted by Crippen LogP contribution is 2.28. The highest BCUT2D eigenvalue weighted by atomic mass is 32.2. The van der Waals surface area contributed by atoms with Crippen molar-refractivity contribution in [3.8, 4) is 16.9 Å². The number of phenolic OH excluding ortho intramolecular Hbond substituents is 1. The van der Waals surface area contributed by atoms with E-state index < -0.39 is 21.7 Å². The highest BCUT2D eigenvalue weighted by Gasteiger charge is 2.21. The molecule has 232 valence electrons. The number of benzene rings is 4. The van der Waals surface area contributed by atoms with E-state index in [1.54, 1.807) is 6.07 Å². The lowest BCUT2D eigenvalue weighted by Crippen LogP contribution is -2.43. The number of anilines is 1. The Hall–Kier alpha value is -4.18. The summed E-state index contributed by atoms with van der Waals surface area (Å²) >= 11 is 0. The van der Waals surface area contributed by atoms with E-state index in [9.17, 15) is 23.4 Å². The number of β-amino-alcohol motifs (C(OH)–C–C–N with tert-alkyl or cyclic N) is 1. The summed E-state index contributed by atoms with van der Waals surface area (Å²) in [4.78, 5) is 12.8. The van der Waals surface area contributed by atoms with E-state index in [1.807, 2.05) is 50.2 Å². The van der Waals surface area contributed by atoms with Crippen LogP contribution in [0.1, 0.15) is 47.8 Å². The van der Waals surface area contributed by atoms with Crippen LogP contribution in [0.4, 0.5) is 5.69 Å². The van der Waals surface area contributed by atoms with Crippen LogP contribution in [0.2, 0.25) is 0 Å². The normalized spacial score (nSPS) is 12.5. The van der Waals surface area contributed by atoms with Crippen LogP contribution < -0.4 is 15.4 Å². The van der Waals surface area contributed by atoms with Gasteiger partial charge >= 0.3 is 0 Å². The van der Waals surface area contributed by atoms with Crippen molar-refractivity contribution in [1.82, 2.24) is 10.6 Å². The first kappa shape index (κ1) is 32.7. The molecule has 1 atom stereocenters. The Morgan fingerprint density at radius 1 is 0.864 bits per heavy atom. The second kappa shape index (κ2) is 14.1. The minimum atomic E-state index is -3.58. The third-order valence-electron chi connectivity index (χ3n) is 7.28.